The first kappa shape index (κ1) is 105. The second-order valence-corrected chi connectivity index (χ2v) is 40.8. The van der Waals surface area contributed by atoms with E-state index in [-0.39, 0.29) is 0 Å². The van der Waals surface area contributed by atoms with Gasteiger partial charge in [-0.05, 0) is 476 Å². The molecule has 0 fully saturated rings. The Bertz CT molecular complexity index is 8660. The first-order valence-corrected chi connectivity index (χ1v) is 52.4. The molecule has 734 valence electrons. The number of hydrogen-bond acceptors (Lipinski definition) is 0. The molecular formula is C148H142. The lowest BCUT2D eigenvalue weighted by Gasteiger charge is -2.14. The third kappa shape index (κ3) is 23.8. The van der Waals surface area contributed by atoms with Crippen LogP contribution in [0.5, 0.6) is 0 Å². The summed E-state index contributed by atoms with van der Waals surface area (Å²) < 4.78 is 0. The highest BCUT2D eigenvalue weighted by atomic mass is 14.2. The van der Waals surface area contributed by atoms with E-state index in [1.165, 1.54) is 298 Å². The molecule has 0 nitrogen and oxygen atoms in total. The second-order valence-electron chi connectivity index (χ2n) is 40.8. The maximum Gasteiger partial charge on any atom is -0.00972 e. The first-order valence-electron chi connectivity index (χ1n) is 52.4. The molecule has 0 spiro atoms. The molecule has 0 saturated carbocycles. The van der Waals surface area contributed by atoms with Crippen molar-refractivity contribution in [2.45, 2.75) is 166 Å². The van der Waals surface area contributed by atoms with Crippen LogP contribution in [-0.2, 0) is 0 Å². The maximum absolute atomic E-state index is 2.34. The topological polar surface area (TPSA) is 0 Å². The van der Waals surface area contributed by atoms with Crippen molar-refractivity contribution in [3.05, 3.63) is 558 Å². The van der Waals surface area contributed by atoms with Crippen molar-refractivity contribution >= 4 is 75.4 Å². The van der Waals surface area contributed by atoms with Crippen molar-refractivity contribution in [1.82, 2.24) is 0 Å². The van der Waals surface area contributed by atoms with Gasteiger partial charge >= 0.3 is 0 Å². The Labute approximate surface area is 882 Å². The lowest BCUT2D eigenvalue weighted by atomic mass is 9.90. The minimum atomic E-state index is 1.26. The Morgan fingerprint density at radius 2 is 0.392 bits per heavy atom. The monoisotopic (exact) mass is 1920 g/mol. The molecule has 0 amide bonds. The van der Waals surface area contributed by atoms with Gasteiger partial charge in [0, 0.05) is 0 Å². The third-order valence-corrected chi connectivity index (χ3v) is 31.6. The molecule has 0 heteroatoms. The summed E-state index contributed by atoms with van der Waals surface area (Å²) in [5, 5.41) is 18.7. The molecule has 0 atom stereocenters. The number of hydrogen-bond donors (Lipinski definition) is 0. The van der Waals surface area contributed by atoms with Gasteiger partial charge in [-0.2, -0.15) is 0 Å². The highest BCUT2D eigenvalue weighted by molar-refractivity contribution is 6.13. The van der Waals surface area contributed by atoms with Gasteiger partial charge in [-0.1, -0.05) is 413 Å². The normalized spacial score (nSPS) is 10.8. The summed E-state index contributed by atoms with van der Waals surface area (Å²) >= 11 is 0. The first-order chi connectivity index (χ1) is 71.4. The van der Waals surface area contributed by atoms with E-state index in [4.69, 9.17) is 0 Å². The Kier molecular flexibility index (Phi) is 33.5. The number of rotatable bonds is 8. The summed E-state index contributed by atoms with van der Waals surface area (Å²) in [7, 11) is 0. The van der Waals surface area contributed by atoms with Crippen LogP contribution < -0.4 is 0 Å². The fourth-order valence-corrected chi connectivity index (χ4v) is 20.6. The van der Waals surface area contributed by atoms with E-state index in [9.17, 15) is 0 Å². The van der Waals surface area contributed by atoms with Crippen LogP contribution >= 0.6 is 0 Å². The van der Waals surface area contributed by atoms with E-state index >= 15 is 0 Å². The van der Waals surface area contributed by atoms with Crippen LogP contribution in [0.25, 0.3) is 164 Å². The minimum absolute atomic E-state index is 1.26. The van der Waals surface area contributed by atoms with Crippen LogP contribution in [0.3, 0.4) is 0 Å². The molecule has 0 aliphatic rings. The molecule has 0 saturated heterocycles. The highest BCUT2D eigenvalue weighted by Gasteiger charge is 2.17. The largest absolute Gasteiger partial charge is 0.0622 e. The predicted octanol–water partition coefficient (Wildman–Crippen LogP) is 42.3. The van der Waals surface area contributed by atoms with Gasteiger partial charge in [-0.25, -0.2) is 0 Å². The van der Waals surface area contributed by atoms with Crippen molar-refractivity contribution < 1.29 is 0 Å². The molecule has 0 aromatic heterocycles. The number of fused-ring (bicyclic) bond motifs is 9. The van der Waals surface area contributed by atoms with E-state index in [1.54, 1.807) is 0 Å². The SMILES string of the molecule is Cc1cc(-c2ccc3ccccc3c2)cc(C)c1C.Cc1cc(-c2cccc3c2ccc2ccccc23)cc(C)c1C.Cc1cc(-c2cccc3ccccc23)cc(C)c1C.Cc1cc2c(c(C)cc3ccccc32)c(C)c1C.Cc1ccc(-c2ccc(-c3ccccc3)cc2)c(C)c1C.Cc1ccc(-c2cccc(-c3ccccc3)c2)c(C)c1C.Cc1ccc(-c2ccccc2)c(C)c1C.Cc1ccc2ccccc2c1C. The molecule has 0 radical (unpaired) electrons. The van der Waals surface area contributed by atoms with Gasteiger partial charge in [0.25, 0.3) is 0 Å². The van der Waals surface area contributed by atoms with Gasteiger partial charge in [0.15, 0.2) is 0 Å². The van der Waals surface area contributed by atoms with Crippen LogP contribution in [0.4, 0.5) is 0 Å². The molecule has 0 N–H and O–H groups in total. The van der Waals surface area contributed by atoms with Crippen molar-refractivity contribution in [3.63, 3.8) is 0 Å². The quantitative estimate of drug-likeness (QED) is 0.133. The predicted molar refractivity (Wildman–Crippen MR) is 651 cm³/mol. The Hall–Kier alpha value is -16.1. The second kappa shape index (κ2) is 47.4. The molecule has 0 unspecified atom stereocenters. The lowest BCUT2D eigenvalue weighted by Crippen LogP contribution is -1.92. The zero-order valence-electron chi connectivity index (χ0n) is 91.4. The molecule has 0 heterocycles. The van der Waals surface area contributed by atoms with Crippen LogP contribution in [0.1, 0.15) is 134 Å². The molecule has 23 aromatic carbocycles. The van der Waals surface area contributed by atoms with Gasteiger partial charge in [0.05, 0.1) is 0 Å². The van der Waals surface area contributed by atoms with Gasteiger partial charge in [0.2, 0.25) is 0 Å². The molecule has 23 rings (SSSR count). The van der Waals surface area contributed by atoms with Crippen LogP contribution in [0, 0.1) is 166 Å². The average Bonchev–Trinajstić information content (AvgIpc) is 0.758. The van der Waals surface area contributed by atoms with Crippen molar-refractivity contribution in [2.75, 3.05) is 0 Å². The summed E-state index contributed by atoms with van der Waals surface area (Å²) in [5.74, 6) is 0. The zero-order chi connectivity index (χ0) is 105. The summed E-state index contributed by atoms with van der Waals surface area (Å²) in [6.07, 6.45) is 0. The molecular weight excluding hydrogens is 1780 g/mol. The fraction of sp³-hybridized carbons (Fsp3) is 0.162. The molecule has 148 heavy (non-hydrogen) atoms. The standard InChI is InChI=1S/C23H20.2C21H20.2C19H18.C18H18.C15H16.C12H12/c1-15-13-19(14-16(2)17(15)3)21-9-6-10-22-20-8-5-4-7-18(20)11-12-23(21)22;1-15-12-13-21(17(3)16(15)2)20-11-7-10-19(14-20)18-8-5-4-6-9-18;1-15-9-14-21(17(3)16(15)2)20-12-10-19(11-13-20)18-7-5-4-6-8-18;1-13-11-17(12-14(2)15(13)3)19-10-6-8-16-7-4-5-9-18(16)19;1-13-10-19(11-14(2)15(13)3)18-9-8-16-6-4-5-7-17(16)12-18;1-11-10-17-16-8-6-5-7-15(16)9-12(2)18(17)14(4)13(11)3;1-11-9-10-15(13(3)12(11)2)14-7-5-4-6-8-14;1-9-7-8-11-5-3-4-6-12(11)10(9)2/h4-14H,1-3H3;2*4-14H,1-3H3;2*4-12H,1-3H3;5-10H,1-4H3;4-10H,1-3H3;3-8H,1-2H3. The van der Waals surface area contributed by atoms with Gasteiger partial charge in [-0.15, -0.1) is 0 Å². The highest BCUT2D eigenvalue weighted by Crippen LogP contribution is 2.41. The zero-order valence-corrected chi connectivity index (χ0v) is 91.4. The Balaban J connectivity index is 0.000000121. The van der Waals surface area contributed by atoms with Crippen molar-refractivity contribution in [1.29, 1.82) is 0 Å². The molecule has 23 aromatic rings. The fourth-order valence-electron chi connectivity index (χ4n) is 20.6. The van der Waals surface area contributed by atoms with E-state index in [0.29, 0.717) is 0 Å². The van der Waals surface area contributed by atoms with Gasteiger partial charge in [-0.3, -0.25) is 0 Å². The smallest absolute Gasteiger partial charge is 0.00972 e. The third-order valence-electron chi connectivity index (χ3n) is 31.6. The van der Waals surface area contributed by atoms with Crippen molar-refractivity contribution in [3.8, 4) is 89.0 Å². The summed E-state index contributed by atoms with van der Waals surface area (Å²) in [5.41, 5.74) is 53.9. The van der Waals surface area contributed by atoms with E-state index in [2.05, 4.69) is 591 Å². The number of aryl methyl sites for hydroxylation is 14. The molecule has 0 bridgehead atoms. The van der Waals surface area contributed by atoms with Crippen molar-refractivity contribution in [2.24, 2.45) is 0 Å². The molecule has 0 aliphatic carbocycles. The average molecular weight is 1920 g/mol. The number of benzene rings is 23. The van der Waals surface area contributed by atoms with Crippen LogP contribution in [-0.4, -0.2) is 0 Å². The van der Waals surface area contributed by atoms with E-state index in [1.807, 2.05) is 0 Å². The van der Waals surface area contributed by atoms with Crippen LogP contribution in [0.15, 0.2) is 425 Å². The van der Waals surface area contributed by atoms with Gasteiger partial charge < -0.3 is 0 Å². The Morgan fingerprint density at radius 3 is 0.905 bits per heavy atom. The minimum Gasteiger partial charge on any atom is -0.0622 e. The van der Waals surface area contributed by atoms with E-state index in [0.717, 1.165) is 0 Å². The summed E-state index contributed by atoms with van der Waals surface area (Å²) in [6, 6.07) is 153. The summed E-state index contributed by atoms with van der Waals surface area (Å²) in [4.78, 5) is 0. The van der Waals surface area contributed by atoms with Gasteiger partial charge in [0.1, 0.15) is 0 Å². The van der Waals surface area contributed by atoms with E-state index < -0.39 is 0 Å². The molecule has 0 aliphatic heterocycles. The van der Waals surface area contributed by atoms with Crippen LogP contribution in [0.2, 0.25) is 0 Å². The maximum atomic E-state index is 2.34. The Morgan fingerprint density at radius 1 is 0.0946 bits per heavy atom. The lowest BCUT2D eigenvalue weighted by molar-refractivity contribution is 1.27. The summed E-state index contributed by atoms with van der Waals surface area (Å²) in [6.45, 7) is 52.7.